The molecule has 0 saturated heterocycles. The molecule has 0 radical (unpaired) electrons. The van der Waals surface area contributed by atoms with Crippen molar-refractivity contribution in [1.82, 2.24) is 9.88 Å². The van der Waals surface area contributed by atoms with Gasteiger partial charge < -0.3 is 9.88 Å². The minimum atomic E-state index is -0.164. The van der Waals surface area contributed by atoms with Crippen LogP contribution in [0.3, 0.4) is 0 Å². The van der Waals surface area contributed by atoms with Gasteiger partial charge in [0, 0.05) is 19.3 Å². The van der Waals surface area contributed by atoms with Gasteiger partial charge in [-0.1, -0.05) is 0 Å². The molecule has 3 rings (SSSR count). The molecule has 1 aromatic heterocycles. The fourth-order valence-electron chi connectivity index (χ4n) is 2.18. The highest BCUT2D eigenvalue weighted by Crippen LogP contribution is 2.27. The smallest absolute Gasteiger partial charge is 0.125 e. The van der Waals surface area contributed by atoms with Crippen LogP contribution in [0.5, 0.6) is 0 Å². The van der Waals surface area contributed by atoms with Gasteiger partial charge in [0.1, 0.15) is 5.82 Å². The highest BCUT2D eigenvalue weighted by molar-refractivity contribution is 5.80. The second-order valence-electron chi connectivity index (χ2n) is 4.86. The van der Waals surface area contributed by atoms with Gasteiger partial charge in [-0.3, -0.25) is 0 Å². The SMILES string of the molecule is Fc1ccc2ccn(CCNCC3CC3)c2c1. The Hall–Kier alpha value is -1.35. The first-order chi connectivity index (χ1) is 8.33. The lowest BCUT2D eigenvalue weighted by atomic mass is 10.2. The molecule has 0 unspecified atom stereocenters. The summed E-state index contributed by atoms with van der Waals surface area (Å²) in [7, 11) is 0. The molecule has 0 atom stereocenters. The number of hydrogen-bond acceptors (Lipinski definition) is 1. The van der Waals surface area contributed by atoms with Crippen molar-refractivity contribution in [3.63, 3.8) is 0 Å². The summed E-state index contributed by atoms with van der Waals surface area (Å²) in [5.41, 5.74) is 0.984. The fraction of sp³-hybridized carbons (Fsp3) is 0.429. The van der Waals surface area contributed by atoms with Crippen LogP contribution < -0.4 is 5.32 Å². The molecule has 1 fully saturated rings. The first kappa shape index (κ1) is 10.8. The molecular weight excluding hydrogens is 215 g/mol. The van der Waals surface area contributed by atoms with Crippen molar-refractivity contribution in [2.75, 3.05) is 13.1 Å². The van der Waals surface area contributed by atoms with Gasteiger partial charge in [-0.05, 0) is 55.0 Å². The van der Waals surface area contributed by atoms with Gasteiger partial charge in [0.05, 0.1) is 5.52 Å². The Bertz CT molecular complexity index is 514. The van der Waals surface area contributed by atoms with E-state index < -0.39 is 0 Å². The van der Waals surface area contributed by atoms with Gasteiger partial charge in [0.15, 0.2) is 0 Å². The number of nitrogens with zero attached hydrogens (tertiary/aromatic N) is 1. The van der Waals surface area contributed by atoms with Crippen molar-refractivity contribution in [2.24, 2.45) is 5.92 Å². The van der Waals surface area contributed by atoms with Gasteiger partial charge in [0.25, 0.3) is 0 Å². The van der Waals surface area contributed by atoms with E-state index in [0.717, 1.165) is 36.5 Å². The molecule has 1 aromatic carbocycles. The maximum Gasteiger partial charge on any atom is 0.125 e. The third-order valence-corrected chi connectivity index (χ3v) is 3.40. The van der Waals surface area contributed by atoms with Crippen molar-refractivity contribution in [2.45, 2.75) is 19.4 Å². The lowest BCUT2D eigenvalue weighted by molar-refractivity contribution is 0.583. The average Bonchev–Trinajstić information content (AvgIpc) is 3.07. The number of aromatic nitrogens is 1. The van der Waals surface area contributed by atoms with E-state index in [1.807, 2.05) is 18.3 Å². The molecule has 1 aliphatic carbocycles. The zero-order valence-electron chi connectivity index (χ0n) is 9.82. The first-order valence-electron chi connectivity index (χ1n) is 6.28. The summed E-state index contributed by atoms with van der Waals surface area (Å²) < 4.78 is 15.3. The van der Waals surface area contributed by atoms with Crippen LogP contribution >= 0.6 is 0 Å². The van der Waals surface area contributed by atoms with Gasteiger partial charge in [-0.15, -0.1) is 0 Å². The lowest BCUT2D eigenvalue weighted by Crippen LogP contribution is -2.21. The zero-order valence-corrected chi connectivity index (χ0v) is 9.82. The second-order valence-corrected chi connectivity index (χ2v) is 4.86. The van der Waals surface area contributed by atoms with Crippen LogP contribution in [0.1, 0.15) is 12.8 Å². The average molecular weight is 232 g/mol. The molecule has 3 heteroatoms. The maximum atomic E-state index is 13.2. The zero-order chi connectivity index (χ0) is 11.7. The maximum absolute atomic E-state index is 13.2. The molecule has 1 heterocycles. The van der Waals surface area contributed by atoms with E-state index in [1.165, 1.54) is 18.9 Å². The molecule has 2 nitrogen and oxygen atoms in total. The van der Waals surface area contributed by atoms with E-state index >= 15 is 0 Å². The van der Waals surface area contributed by atoms with Gasteiger partial charge in [0.2, 0.25) is 0 Å². The van der Waals surface area contributed by atoms with E-state index in [0.29, 0.717) is 0 Å². The first-order valence-corrected chi connectivity index (χ1v) is 6.28. The fourth-order valence-corrected chi connectivity index (χ4v) is 2.18. The van der Waals surface area contributed by atoms with Crippen molar-refractivity contribution in [3.8, 4) is 0 Å². The second kappa shape index (κ2) is 4.49. The molecule has 0 spiro atoms. The quantitative estimate of drug-likeness (QED) is 0.784. The number of hydrogen-bond donors (Lipinski definition) is 1. The largest absolute Gasteiger partial charge is 0.346 e. The van der Waals surface area contributed by atoms with Crippen LogP contribution in [0.15, 0.2) is 30.5 Å². The summed E-state index contributed by atoms with van der Waals surface area (Å²) in [4.78, 5) is 0. The van der Waals surface area contributed by atoms with Crippen molar-refractivity contribution >= 4 is 10.9 Å². The predicted molar refractivity (Wildman–Crippen MR) is 67.5 cm³/mol. The number of fused-ring (bicyclic) bond motifs is 1. The normalized spacial score (nSPS) is 15.6. The van der Waals surface area contributed by atoms with Crippen LogP contribution in [0.4, 0.5) is 4.39 Å². The summed E-state index contributed by atoms with van der Waals surface area (Å²) in [5.74, 6) is 0.747. The molecule has 90 valence electrons. The summed E-state index contributed by atoms with van der Waals surface area (Å²) in [5, 5.41) is 4.56. The van der Waals surface area contributed by atoms with Crippen LogP contribution in [0, 0.1) is 11.7 Å². The Labute approximate surface area is 100 Å². The highest BCUT2D eigenvalue weighted by Gasteiger charge is 2.19. The van der Waals surface area contributed by atoms with Crippen molar-refractivity contribution in [1.29, 1.82) is 0 Å². The summed E-state index contributed by atoms with van der Waals surface area (Å²) >= 11 is 0. The number of benzene rings is 1. The molecule has 2 aromatic rings. The van der Waals surface area contributed by atoms with Crippen molar-refractivity contribution in [3.05, 3.63) is 36.3 Å². The topological polar surface area (TPSA) is 17.0 Å². The van der Waals surface area contributed by atoms with Crippen LogP contribution in [-0.4, -0.2) is 17.7 Å². The van der Waals surface area contributed by atoms with Crippen LogP contribution in [0.25, 0.3) is 10.9 Å². The van der Waals surface area contributed by atoms with E-state index in [4.69, 9.17) is 0 Å². The Morgan fingerprint density at radius 2 is 2.18 bits per heavy atom. The Kier molecular flexibility index (Phi) is 2.85. The molecular formula is C14H17FN2. The highest BCUT2D eigenvalue weighted by atomic mass is 19.1. The summed E-state index contributed by atoms with van der Waals surface area (Å²) in [6, 6.07) is 6.99. The molecule has 1 N–H and O–H groups in total. The molecule has 17 heavy (non-hydrogen) atoms. The van der Waals surface area contributed by atoms with Crippen LogP contribution in [-0.2, 0) is 6.54 Å². The van der Waals surface area contributed by atoms with E-state index in [2.05, 4.69) is 9.88 Å². The number of nitrogens with one attached hydrogen (secondary N) is 1. The Balaban J connectivity index is 1.64. The lowest BCUT2D eigenvalue weighted by Gasteiger charge is -2.06. The van der Waals surface area contributed by atoms with E-state index in [9.17, 15) is 4.39 Å². The number of halogens is 1. The molecule has 0 bridgehead atoms. The van der Waals surface area contributed by atoms with Gasteiger partial charge in [-0.2, -0.15) is 0 Å². The summed E-state index contributed by atoms with van der Waals surface area (Å²) in [6.07, 6.45) is 4.79. The third kappa shape index (κ3) is 2.50. The van der Waals surface area contributed by atoms with Gasteiger partial charge in [-0.25, -0.2) is 4.39 Å². The third-order valence-electron chi connectivity index (χ3n) is 3.40. The molecule has 1 aliphatic rings. The van der Waals surface area contributed by atoms with E-state index in [-0.39, 0.29) is 5.82 Å². The molecule has 0 amide bonds. The molecule has 0 aliphatic heterocycles. The van der Waals surface area contributed by atoms with E-state index in [1.54, 1.807) is 6.07 Å². The minimum Gasteiger partial charge on any atom is -0.346 e. The van der Waals surface area contributed by atoms with Crippen LogP contribution in [0.2, 0.25) is 0 Å². The Morgan fingerprint density at radius 3 is 3.00 bits per heavy atom. The van der Waals surface area contributed by atoms with Gasteiger partial charge >= 0.3 is 0 Å². The predicted octanol–water partition coefficient (Wildman–Crippen LogP) is 2.78. The standard InChI is InChI=1S/C14H17FN2/c15-13-4-3-12-5-7-17(14(12)9-13)8-6-16-10-11-1-2-11/h3-5,7,9,11,16H,1-2,6,8,10H2. The minimum absolute atomic E-state index is 0.164. The summed E-state index contributed by atoms with van der Waals surface area (Å²) in [6.45, 7) is 2.99. The van der Waals surface area contributed by atoms with Crippen molar-refractivity contribution < 1.29 is 4.39 Å². The Morgan fingerprint density at radius 1 is 1.29 bits per heavy atom. The monoisotopic (exact) mass is 232 g/mol. The molecule has 1 saturated carbocycles. The number of rotatable bonds is 5.